The van der Waals surface area contributed by atoms with Crippen molar-refractivity contribution in [2.75, 3.05) is 39.5 Å². The summed E-state index contributed by atoms with van der Waals surface area (Å²) >= 11 is 0. The zero-order valence-corrected chi connectivity index (χ0v) is 8.63. The summed E-state index contributed by atoms with van der Waals surface area (Å²) in [6.45, 7) is 4.65. The summed E-state index contributed by atoms with van der Waals surface area (Å²) in [6.07, 6.45) is 0.722. The number of carboxylic acids is 1. The maximum Gasteiger partial charge on any atom is 0.0636 e. The second-order valence-corrected chi connectivity index (χ2v) is 2.54. The molecule has 0 aromatic carbocycles. The van der Waals surface area contributed by atoms with Crippen LogP contribution in [-0.4, -0.2) is 65.6 Å². The largest absolute Gasteiger partial charge is 0.545 e. The molecule has 0 aliphatic carbocycles. The zero-order valence-electron chi connectivity index (χ0n) is 8.63. The summed E-state index contributed by atoms with van der Waals surface area (Å²) in [7, 11) is 0. The van der Waals surface area contributed by atoms with Crippen LogP contribution >= 0.6 is 0 Å². The molecule has 0 aliphatic heterocycles. The third-order valence-electron chi connectivity index (χ3n) is 1.42. The summed E-state index contributed by atoms with van der Waals surface area (Å²) in [4.78, 5) is 10.9. The number of carboxylic acid groups (broad SMARTS) is 1. The Kier molecular flexibility index (Phi) is 14.3. The maximum absolute atomic E-state index is 9.14. The van der Waals surface area contributed by atoms with Gasteiger partial charge in [0.1, 0.15) is 0 Å². The van der Waals surface area contributed by atoms with Crippen LogP contribution in [0.25, 0.3) is 0 Å². The van der Waals surface area contributed by atoms with Gasteiger partial charge in [-0.05, 0) is 6.08 Å². The second kappa shape index (κ2) is 13.1. The molecule has 6 heteroatoms. The fourth-order valence-electron chi connectivity index (χ4n) is 0.760. The lowest BCUT2D eigenvalue weighted by molar-refractivity contribution is -0.297. The molecule has 0 radical (unpaired) electrons. The van der Waals surface area contributed by atoms with E-state index < -0.39 is 5.97 Å². The van der Waals surface area contributed by atoms with E-state index in [-0.39, 0.29) is 19.8 Å². The van der Waals surface area contributed by atoms with Crippen LogP contribution in [0.2, 0.25) is 0 Å². The summed E-state index contributed by atoms with van der Waals surface area (Å²) in [6, 6.07) is 0. The number of hydrogen-bond acceptors (Lipinski definition) is 6. The molecule has 0 rings (SSSR count). The lowest BCUT2D eigenvalue weighted by Gasteiger charge is -2.17. The molecule has 3 N–H and O–H groups in total. The Morgan fingerprint density at radius 1 is 1.13 bits per heavy atom. The Labute approximate surface area is 89.1 Å². The molecule has 0 spiro atoms. The molecule has 0 atom stereocenters. The lowest BCUT2D eigenvalue weighted by atomic mass is 10.4. The molecule has 0 heterocycles. The Hall–Kier alpha value is -0.950. The van der Waals surface area contributed by atoms with Crippen molar-refractivity contribution in [2.24, 2.45) is 0 Å². The first-order valence-corrected chi connectivity index (χ1v) is 4.50. The molecule has 0 saturated heterocycles. The summed E-state index contributed by atoms with van der Waals surface area (Å²) in [5.74, 6) is -1.23. The van der Waals surface area contributed by atoms with Gasteiger partial charge >= 0.3 is 0 Å². The molecule has 0 aromatic heterocycles. The maximum atomic E-state index is 9.14. The van der Waals surface area contributed by atoms with Crippen molar-refractivity contribution in [1.82, 2.24) is 4.90 Å². The van der Waals surface area contributed by atoms with Gasteiger partial charge in [-0.3, -0.25) is 4.90 Å². The van der Waals surface area contributed by atoms with Crippen LogP contribution < -0.4 is 5.11 Å². The molecule has 0 amide bonds. The summed E-state index contributed by atoms with van der Waals surface area (Å²) < 4.78 is 0. The molecule has 0 fully saturated rings. The number of aliphatic hydroxyl groups is 3. The quantitative estimate of drug-likeness (QED) is 0.400. The molecule has 0 aliphatic rings. The van der Waals surface area contributed by atoms with Crippen molar-refractivity contribution in [1.29, 1.82) is 0 Å². The lowest BCUT2D eigenvalue weighted by Crippen LogP contribution is -2.32. The van der Waals surface area contributed by atoms with Gasteiger partial charge in [-0.1, -0.05) is 6.58 Å². The Morgan fingerprint density at radius 2 is 1.40 bits per heavy atom. The van der Waals surface area contributed by atoms with Gasteiger partial charge in [-0.25, -0.2) is 0 Å². The highest BCUT2D eigenvalue weighted by atomic mass is 16.4. The van der Waals surface area contributed by atoms with Crippen LogP contribution in [0.15, 0.2) is 12.7 Å². The van der Waals surface area contributed by atoms with Gasteiger partial charge in [0.15, 0.2) is 0 Å². The van der Waals surface area contributed by atoms with Crippen LogP contribution in [0, 0.1) is 0 Å². The number of nitrogens with zero attached hydrogens (tertiary/aromatic N) is 1. The topological polar surface area (TPSA) is 104 Å². The minimum atomic E-state index is -1.23. The standard InChI is InChI=1S/C6H15NO3.C3H4O2/c8-4-1-7(2-5-9)3-6-10;1-2-3(4)5/h8-10H,1-6H2;2H,1H2,(H,4,5)/p-1. The fraction of sp³-hybridized carbons (Fsp3) is 0.667. The first kappa shape index (κ1) is 16.5. The average molecular weight is 220 g/mol. The summed E-state index contributed by atoms with van der Waals surface area (Å²) in [5, 5.41) is 34.6. The van der Waals surface area contributed by atoms with E-state index in [0.29, 0.717) is 19.6 Å². The Morgan fingerprint density at radius 3 is 1.53 bits per heavy atom. The highest BCUT2D eigenvalue weighted by molar-refractivity contribution is 5.76. The van der Waals surface area contributed by atoms with E-state index in [1.807, 2.05) is 0 Å². The van der Waals surface area contributed by atoms with E-state index >= 15 is 0 Å². The van der Waals surface area contributed by atoms with Gasteiger partial charge < -0.3 is 25.2 Å². The van der Waals surface area contributed by atoms with E-state index in [0.717, 1.165) is 6.08 Å². The number of aliphatic hydroxyl groups excluding tert-OH is 3. The molecule has 15 heavy (non-hydrogen) atoms. The van der Waals surface area contributed by atoms with Crippen molar-refractivity contribution in [2.45, 2.75) is 0 Å². The number of aliphatic carboxylic acids is 1. The smallest absolute Gasteiger partial charge is 0.0636 e. The van der Waals surface area contributed by atoms with E-state index in [9.17, 15) is 0 Å². The van der Waals surface area contributed by atoms with E-state index in [4.69, 9.17) is 25.2 Å². The predicted octanol–water partition coefficient (Wildman–Crippen LogP) is -2.81. The van der Waals surface area contributed by atoms with Crippen LogP contribution in [0.5, 0.6) is 0 Å². The zero-order chi connectivity index (χ0) is 12.1. The van der Waals surface area contributed by atoms with Crippen LogP contribution in [0.1, 0.15) is 0 Å². The minimum absolute atomic E-state index is 0.0694. The van der Waals surface area contributed by atoms with Gasteiger partial charge in [-0.2, -0.15) is 0 Å². The Balaban J connectivity index is 0. The van der Waals surface area contributed by atoms with E-state index in [1.54, 1.807) is 4.90 Å². The van der Waals surface area contributed by atoms with Gasteiger partial charge in [-0.15, -0.1) is 0 Å². The molecule has 6 nitrogen and oxygen atoms in total. The number of carbonyl (C=O) groups is 1. The number of hydrogen-bond donors (Lipinski definition) is 3. The minimum Gasteiger partial charge on any atom is -0.545 e. The van der Waals surface area contributed by atoms with Crippen LogP contribution in [-0.2, 0) is 4.79 Å². The van der Waals surface area contributed by atoms with E-state index in [2.05, 4.69) is 6.58 Å². The first-order chi connectivity index (χ1) is 7.12. The highest BCUT2D eigenvalue weighted by Crippen LogP contribution is 1.84. The molecular formula is C9H18NO5-. The third kappa shape index (κ3) is 15.8. The Bertz CT molecular complexity index is 148. The van der Waals surface area contributed by atoms with Crippen molar-refractivity contribution in [3.05, 3.63) is 12.7 Å². The first-order valence-electron chi connectivity index (χ1n) is 4.50. The number of carbonyl (C=O) groups excluding carboxylic acids is 1. The molecule has 90 valence electrons. The number of rotatable bonds is 7. The molecule has 0 unspecified atom stereocenters. The SMILES string of the molecule is C=CC(=O)[O-].OCCN(CCO)CCO. The van der Waals surface area contributed by atoms with Crippen molar-refractivity contribution in [3.8, 4) is 0 Å². The van der Waals surface area contributed by atoms with Gasteiger partial charge in [0.25, 0.3) is 0 Å². The van der Waals surface area contributed by atoms with Crippen molar-refractivity contribution < 1.29 is 25.2 Å². The average Bonchev–Trinajstić information content (AvgIpc) is 2.20. The third-order valence-corrected chi connectivity index (χ3v) is 1.42. The molecule has 0 aromatic rings. The highest BCUT2D eigenvalue weighted by Gasteiger charge is 2.00. The van der Waals surface area contributed by atoms with Crippen molar-refractivity contribution >= 4 is 5.97 Å². The predicted molar refractivity (Wildman–Crippen MR) is 52.9 cm³/mol. The van der Waals surface area contributed by atoms with Gasteiger partial charge in [0.2, 0.25) is 0 Å². The normalized spacial score (nSPS) is 9.33. The molecular weight excluding hydrogens is 202 g/mol. The monoisotopic (exact) mass is 220 g/mol. The van der Waals surface area contributed by atoms with Crippen LogP contribution in [0.4, 0.5) is 0 Å². The van der Waals surface area contributed by atoms with E-state index in [1.165, 1.54) is 0 Å². The van der Waals surface area contributed by atoms with Gasteiger partial charge in [0.05, 0.1) is 25.8 Å². The summed E-state index contributed by atoms with van der Waals surface area (Å²) in [5.41, 5.74) is 0. The van der Waals surface area contributed by atoms with Gasteiger partial charge in [0, 0.05) is 19.6 Å². The fourth-order valence-corrected chi connectivity index (χ4v) is 0.760. The molecule has 0 bridgehead atoms. The molecule has 0 saturated carbocycles. The second-order valence-electron chi connectivity index (χ2n) is 2.54. The van der Waals surface area contributed by atoms with Crippen LogP contribution in [0.3, 0.4) is 0 Å². The van der Waals surface area contributed by atoms with Crippen molar-refractivity contribution in [3.63, 3.8) is 0 Å².